The summed E-state index contributed by atoms with van der Waals surface area (Å²) in [5, 5.41) is 15.6. The van der Waals surface area contributed by atoms with Crippen molar-refractivity contribution in [3.63, 3.8) is 0 Å². The Bertz CT molecular complexity index is 447. The third-order valence-corrected chi connectivity index (χ3v) is 1.84. The topological polar surface area (TPSA) is 84.3 Å². The van der Waals surface area contributed by atoms with E-state index in [4.69, 9.17) is 12.2 Å². The fourth-order valence-corrected chi connectivity index (χ4v) is 1.31. The van der Waals surface area contributed by atoms with Gasteiger partial charge < -0.3 is 10.6 Å². The first kappa shape index (κ1) is 12.1. The Kier molecular flexibility index (Phi) is 3.90. The lowest BCUT2D eigenvalue weighted by Gasteiger charge is -2.07. The summed E-state index contributed by atoms with van der Waals surface area (Å²) in [7, 11) is 0. The van der Waals surface area contributed by atoms with Gasteiger partial charge in [-0.3, -0.25) is 14.9 Å². The molecule has 0 saturated heterocycles. The maximum Gasteiger partial charge on any atom is 0.292 e. The lowest BCUT2D eigenvalue weighted by Crippen LogP contribution is -2.32. The Labute approximate surface area is 96.8 Å². The monoisotopic (exact) mass is 239 g/mol. The predicted molar refractivity (Wildman–Crippen MR) is 63.1 cm³/mol. The summed E-state index contributed by atoms with van der Waals surface area (Å²) < 4.78 is 0. The smallest absolute Gasteiger partial charge is 0.292 e. The number of nitrogens with one attached hydrogen (secondary N) is 2. The highest BCUT2D eigenvalue weighted by Crippen LogP contribution is 2.22. The number of rotatable bonds is 2. The average Bonchev–Trinajstić information content (AvgIpc) is 2.16. The van der Waals surface area contributed by atoms with E-state index < -0.39 is 4.92 Å². The van der Waals surface area contributed by atoms with Gasteiger partial charge >= 0.3 is 0 Å². The largest absolute Gasteiger partial charge is 0.327 e. The number of carbonyl (C=O) groups is 1. The van der Waals surface area contributed by atoms with Crippen molar-refractivity contribution in [3.05, 3.63) is 34.4 Å². The number of para-hydroxylation sites is 2. The van der Waals surface area contributed by atoms with Crippen LogP contribution in [0.2, 0.25) is 0 Å². The molecule has 0 spiro atoms. The number of thiocarbonyl (C=S) groups is 1. The molecule has 0 heterocycles. The Morgan fingerprint density at radius 1 is 1.44 bits per heavy atom. The van der Waals surface area contributed by atoms with Gasteiger partial charge in [0.2, 0.25) is 5.91 Å². The minimum atomic E-state index is -0.529. The van der Waals surface area contributed by atoms with E-state index in [1.165, 1.54) is 19.1 Å². The Morgan fingerprint density at radius 2 is 2.06 bits per heavy atom. The van der Waals surface area contributed by atoms with Crippen molar-refractivity contribution in [3.8, 4) is 0 Å². The standard InChI is InChI=1S/C9H9N3O3S/c1-6(13)10-9(16)11-7-4-2-3-5-8(7)12(14)15/h2-5H,1H3,(H2,10,11,13,16). The molecule has 1 amide bonds. The number of benzene rings is 1. The summed E-state index contributed by atoms with van der Waals surface area (Å²) >= 11 is 4.79. The van der Waals surface area contributed by atoms with Crippen LogP contribution in [0.5, 0.6) is 0 Å². The van der Waals surface area contributed by atoms with Gasteiger partial charge in [0.1, 0.15) is 5.69 Å². The van der Waals surface area contributed by atoms with E-state index in [1.807, 2.05) is 0 Å². The van der Waals surface area contributed by atoms with Gasteiger partial charge in [-0.05, 0) is 18.3 Å². The lowest BCUT2D eigenvalue weighted by atomic mass is 10.3. The fraction of sp³-hybridized carbons (Fsp3) is 0.111. The molecule has 1 aromatic rings. The van der Waals surface area contributed by atoms with Gasteiger partial charge in [-0.25, -0.2) is 0 Å². The summed E-state index contributed by atoms with van der Waals surface area (Å²) in [5.74, 6) is -0.337. The second kappa shape index (κ2) is 5.17. The molecule has 0 saturated carbocycles. The summed E-state index contributed by atoms with van der Waals surface area (Å²) in [6.07, 6.45) is 0. The van der Waals surface area contributed by atoms with E-state index in [9.17, 15) is 14.9 Å². The molecule has 7 heteroatoms. The summed E-state index contributed by atoms with van der Waals surface area (Å²) in [6.45, 7) is 1.30. The van der Waals surface area contributed by atoms with Gasteiger partial charge in [0.05, 0.1) is 4.92 Å². The highest BCUT2D eigenvalue weighted by Gasteiger charge is 2.13. The van der Waals surface area contributed by atoms with Gasteiger partial charge in [0.25, 0.3) is 5.69 Å². The van der Waals surface area contributed by atoms with E-state index in [0.717, 1.165) is 0 Å². The fourth-order valence-electron chi connectivity index (χ4n) is 1.05. The van der Waals surface area contributed by atoms with E-state index in [0.29, 0.717) is 0 Å². The SMILES string of the molecule is CC(=O)NC(=S)Nc1ccccc1[N+](=O)[O-]. The van der Waals surface area contributed by atoms with Crippen LogP contribution in [0.3, 0.4) is 0 Å². The van der Waals surface area contributed by atoms with Gasteiger partial charge in [-0.1, -0.05) is 12.1 Å². The third-order valence-electron chi connectivity index (χ3n) is 1.64. The van der Waals surface area contributed by atoms with Crippen LogP contribution in [0.15, 0.2) is 24.3 Å². The van der Waals surface area contributed by atoms with Crippen LogP contribution in [0.25, 0.3) is 0 Å². The molecule has 1 rings (SSSR count). The molecular weight excluding hydrogens is 230 g/mol. The van der Waals surface area contributed by atoms with Crippen molar-refractivity contribution >= 4 is 34.6 Å². The second-order valence-electron chi connectivity index (χ2n) is 2.91. The van der Waals surface area contributed by atoms with Crippen molar-refractivity contribution in [2.24, 2.45) is 0 Å². The molecule has 0 aliphatic carbocycles. The molecule has 84 valence electrons. The number of amides is 1. The summed E-state index contributed by atoms with van der Waals surface area (Å²) in [4.78, 5) is 20.8. The molecular formula is C9H9N3O3S. The maximum atomic E-state index is 10.7. The van der Waals surface area contributed by atoms with Crippen LogP contribution in [0, 0.1) is 10.1 Å². The van der Waals surface area contributed by atoms with Crippen molar-refractivity contribution in [2.45, 2.75) is 6.92 Å². The molecule has 0 aromatic heterocycles. The predicted octanol–water partition coefficient (Wildman–Crippen LogP) is 1.43. The zero-order valence-corrected chi connectivity index (χ0v) is 9.21. The molecule has 0 aliphatic heterocycles. The molecule has 0 atom stereocenters. The van der Waals surface area contributed by atoms with Gasteiger partial charge in [-0.15, -0.1) is 0 Å². The highest BCUT2D eigenvalue weighted by atomic mass is 32.1. The Balaban J connectivity index is 2.84. The number of nitro benzene ring substituents is 1. The first-order chi connectivity index (χ1) is 7.50. The lowest BCUT2D eigenvalue weighted by molar-refractivity contribution is -0.383. The Morgan fingerprint density at radius 3 is 2.62 bits per heavy atom. The van der Waals surface area contributed by atoms with Crippen molar-refractivity contribution in [2.75, 3.05) is 5.32 Å². The molecule has 0 unspecified atom stereocenters. The minimum absolute atomic E-state index is 0.0294. The molecule has 0 radical (unpaired) electrons. The average molecular weight is 239 g/mol. The minimum Gasteiger partial charge on any atom is -0.327 e. The van der Waals surface area contributed by atoms with Crippen LogP contribution >= 0.6 is 12.2 Å². The molecule has 0 bridgehead atoms. The zero-order valence-electron chi connectivity index (χ0n) is 8.39. The van der Waals surface area contributed by atoms with Gasteiger partial charge in [0.15, 0.2) is 5.11 Å². The van der Waals surface area contributed by atoms with E-state index >= 15 is 0 Å². The van der Waals surface area contributed by atoms with Crippen LogP contribution in [0.1, 0.15) is 6.92 Å². The van der Waals surface area contributed by atoms with E-state index in [1.54, 1.807) is 12.1 Å². The normalized spacial score (nSPS) is 9.31. The number of anilines is 1. The van der Waals surface area contributed by atoms with Crippen LogP contribution in [0.4, 0.5) is 11.4 Å². The van der Waals surface area contributed by atoms with Crippen molar-refractivity contribution < 1.29 is 9.72 Å². The van der Waals surface area contributed by atoms with Gasteiger partial charge in [0, 0.05) is 13.0 Å². The van der Waals surface area contributed by atoms with Crippen LogP contribution in [-0.4, -0.2) is 15.9 Å². The molecule has 2 N–H and O–H groups in total. The molecule has 1 aromatic carbocycles. The summed E-state index contributed by atoms with van der Waals surface area (Å²) in [6, 6.07) is 6.03. The number of nitrogens with zero attached hydrogens (tertiary/aromatic N) is 1. The highest BCUT2D eigenvalue weighted by molar-refractivity contribution is 7.80. The molecule has 16 heavy (non-hydrogen) atoms. The molecule has 0 fully saturated rings. The third kappa shape index (κ3) is 3.28. The summed E-state index contributed by atoms with van der Waals surface area (Å²) in [5.41, 5.74) is 0.140. The van der Waals surface area contributed by atoms with E-state index in [-0.39, 0.29) is 22.4 Å². The number of hydrogen-bond donors (Lipinski definition) is 2. The molecule has 0 aliphatic rings. The quantitative estimate of drug-likeness (QED) is 0.463. The van der Waals surface area contributed by atoms with Crippen molar-refractivity contribution in [1.82, 2.24) is 5.32 Å². The second-order valence-corrected chi connectivity index (χ2v) is 3.32. The number of nitro groups is 1. The number of hydrogen-bond acceptors (Lipinski definition) is 4. The molecule has 6 nitrogen and oxygen atoms in total. The van der Waals surface area contributed by atoms with Crippen LogP contribution in [-0.2, 0) is 4.79 Å². The zero-order chi connectivity index (χ0) is 12.1. The maximum absolute atomic E-state index is 10.7. The van der Waals surface area contributed by atoms with E-state index in [2.05, 4.69) is 10.6 Å². The van der Waals surface area contributed by atoms with Gasteiger partial charge in [-0.2, -0.15) is 0 Å². The van der Waals surface area contributed by atoms with Crippen LogP contribution < -0.4 is 10.6 Å². The first-order valence-electron chi connectivity index (χ1n) is 4.32. The van der Waals surface area contributed by atoms with Crippen molar-refractivity contribution in [1.29, 1.82) is 0 Å². The number of carbonyl (C=O) groups excluding carboxylic acids is 1. The Hall–Kier alpha value is -2.02. The first-order valence-corrected chi connectivity index (χ1v) is 4.73.